The summed E-state index contributed by atoms with van der Waals surface area (Å²) in [4.78, 5) is 36.0. The van der Waals surface area contributed by atoms with Crippen molar-refractivity contribution in [2.24, 2.45) is 0 Å². The average molecular weight is 421 g/mol. The largest absolute Gasteiger partial charge is 0.353 e. The molecule has 3 heterocycles. The fourth-order valence-electron chi connectivity index (χ4n) is 4.47. The summed E-state index contributed by atoms with van der Waals surface area (Å²) in [5.74, 6) is 1.56. The Morgan fingerprint density at radius 2 is 1.74 bits per heavy atom. The molecule has 4 rings (SSSR count). The van der Waals surface area contributed by atoms with E-state index in [9.17, 15) is 9.59 Å². The molecule has 0 aliphatic carbocycles. The molecule has 1 aromatic heterocycles. The maximum atomic E-state index is 12.9. The highest BCUT2D eigenvalue weighted by atomic mass is 16.2. The van der Waals surface area contributed by atoms with E-state index in [0.29, 0.717) is 19.0 Å². The Labute approximate surface area is 184 Å². The van der Waals surface area contributed by atoms with E-state index in [4.69, 9.17) is 0 Å². The molecule has 31 heavy (non-hydrogen) atoms. The second-order valence-electron chi connectivity index (χ2n) is 8.75. The van der Waals surface area contributed by atoms with E-state index in [1.807, 2.05) is 28.0 Å². The molecule has 6 heteroatoms. The van der Waals surface area contributed by atoms with Gasteiger partial charge in [0.2, 0.25) is 11.8 Å². The van der Waals surface area contributed by atoms with Crippen LogP contribution in [-0.2, 0) is 16.0 Å². The van der Waals surface area contributed by atoms with Crippen molar-refractivity contribution >= 4 is 23.3 Å². The number of piperazine rings is 1. The summed E-state index contributed by atoms with van der Waals surface area (Å²) in [5.41, 5.74) is 3.59. The van der Waals surface area contributed by atoms with Gasteiger partial charge in [-0.05, 0) is 48.1 Å². The second-order valence-corrected chi connectivity index (χ2v) is 8.75. The predicted octanol–water partition coefficient (Wildman–Crippen LogP) is 3.61. The van der Waals surface area contributed by atoms with Crippen molar-refractivity contribution in [3.05, 3.63) is 53.7 Å². The summed E-state index contributed by atoms with van der Waals surface area (Å²) in [6, 6.07) is 12.3. The third-order valence-corrected chi connectivity index (χ3v) is 6.35. The molecule has 1 aromatic carbocycles. The van der Waals surface area contributed by atoms with Crippen LogP contribution in [0, 0.1) is 0 Å². The smallest absolute Gasteiger partial charge is 0.227 e. The summed E-state index contributed by atoms with van der Waals surface area (Å²) in [7, 11) is 0. The number of hydrogen-bond donors (Lipinski definition) is 0. The number of rotatable bonds is 5. The predicted molar refractivity (Wildman–Crippen MR) is 123 cm³/mol. The highest BCUT2D eigenvalue weighted by Crippen LogP contribution is 2.31. The molecule has 2 aliphatic heterocycles. The number of amides is 2. The molecular formula is C25H32N4O2. The van der Waals surface area contributed by atoms with Gasteiger partial charge in [-0.2, -0.15) is 0 Å². The number of anilines is 2. The van der Waals surface area contributed by atoms with Crippen molar-refractivity contribution in [2.45, 2.75) is 45.4 Å². The minimum atomic E-state index is 0.0544. The number of fused-ring (bicyclic) bond motifs is 1. The maximum absolute atomic E-state index is 12.9. The van der Waals surface area contributed by atoms with Gasteiger partial charge in [0.15, 0.2) is 0 Å². The molecule has 0 unspecified atom stereocenters. The van der Waals surface area contributed by atoms with E-state index in [1.165, 1.54) is 11.1 Å². The molecule has 164 valence electrons. The fraction of sp³-hybridized carbons (Fsp3) is 0.480. The van der Waals surface area contributed by atoms with E-state index in [2.05, 4.69) is 41.9 Å². The highest BCUT2D eigenvalue weighted by Gasteiger charge is 2.26. The van der Waals surface area contributed by atoms with E-state index in [1.54, 1.807) is 6.20 Å². The SMILES string of the molecule is CC(C)c1ccc2c(c1)CCCN2C(=O)CCC(=O)N1CCN(c2ccccn2)CC1. The van der Waals surface area contributed by atoms with Crippen LogP contribution in [0.3, 0.4) is 0 Å². The van der Waals surface area contributed by atoms with Crippen LogP contribution in [0.2, 0.25) is 0 Å². The fourth-order valence-corrected chi connectivity index (χ4v) is 4.47. The first-order valence-corrected chi connectivity index (χ1v) is 11.4. The van der Waals surface area contributed by atoms with Gasteiger partial charge in [0, 0.05) is 57.4 Å². The first-order valence-electron chi connectivity index (χ1n) is 11.4. The van der Waals surface area contributed by atoms with Crippen LogP contribution < -0.4 is 9.80 Å². The number of aromatic nitrogens is 1. The lowest BCUT2D eigenvalue weighted by Gasteiger charge is -2.35. The van der Waals surface area contributed by atoms with Gasteiger partial charge in [-0.15, -0.1) is 0 Å². The molecule has 2 aromatic rings. The minimum Gasteiger partial charge on any atom is -0.353 e. The van der Waals surface area contributed by atoms with Gasteiger partial charge in [0.25, 0.3) is 0 Å². The first kappa shape index (κ1) is 21.3. The lowest BCUT2D eigenvalue weighted by molar-refractivity contribution is -0.133. The van der Waals surface area contributed by atoms with Gasteiger partial charge in [0.05, 0.1) is 0 Å². The van der Waals surface area contributed by atoms with E-state index < -0.39 is 0 Å². The van der Waals surface area contributed by atoms with Crippen LogP contribution in [0.4, 0.5) is 11.5 Å². The average Bonchev–Trinajstić information content (AvgIpc) is 2.82. The molecule has 2 aliphatic rings. The quantitative estimate of drug-likeness (QED) is 0.741. The summed E-state index contributed by atoms with van der Waals surface area (Å²) in [6.45, 7) is 8.01. The van der Waals surface area contributed by atoms with Crippen LogP contribution in [-0.4, -0.2) is 54.4 Å². The van der Waals surface area contributed by atoms with Crippen molar-refractivity contribution in [3.63, 3.8) is 0 Å². The number of carbonyl (C=O) groups excluding carboxylic acids is 2. The zero-order chi connectivity index (χ0) is 21.8. The maximum Gasteiger partial charge on any atom is 0.227 e. The van der Waals surface area contributed by atoms with Crippen LogP contribution in [0.15, 0.2) is 42.6 Å². The van der Waals surface area contributed by atoms with Crippen LogP contribution in [0.5, 0.6) is 0 Å². The summed E-state index contributed by atoms with van der Waals surface area (Å²) < 4.78 is 0. The van der Waals surface area contributed by atoms with Gasteiger partial charge in [-0.3, -0.25) is 9.59 Å². The third-order valence-electron chi connectivity index (χ3n) is 6.35. The Morgan fingerprint density at radius 3 is 2.45 bits per heavy atom. The van der Waals surface area contributed by atoms with Crippen molar-refractivity contribution in [2.75, 3.05) is 42.5 Å². The molecule has 1 saturated heterocycles. The number of hydrogen-bond acceptors (Lipinski definition) is 4. The number of pyridine rings is 1. The van der Waals surface area contributed by atoms with Crippen molar-refractivity contribution in [1.29, 1.82) is 0 Å². The van der Waals surface area contributed by atoms with Gasteiger partial charge in [-0.1, -0.05) is 32.0 Å². The van der Waals surface area contributed by atoms with Crippen LogP contribution in [0.25, 0.3) is 0 Å². The Hall–Kier alpha value is -2.89. The Balaban J connectivity index is 1.30. The molecule has 0 saturated carbocycles. The Kier molecular flexibility index (Phi) is 6.54. The third kappa shape index (κ3) is 4.89. The normalized spacial score (nSPS) is 16.4. The van der Waals surface area contributed by atoms with Crippen LogP contribution >= 0.6 is 0 Å². The van der Waals surface area contributed by atoms with E-state index in [0.717, 1.165) is 44.0 Å². The summed E-state index contributed by atoms with van der Waals surface area (Å²) in [5, 5.41) is 0. The number of carbonyl (C=O) groups is 2. The van der Waals surface area contributed by atoms with Gasteiger partial charge in [-0.25, -0.2) is 4.98 Å². The molecule has 2 amide bonds. The molecule has 0 spiro atoms. The molecule has 0 N–H and O–H groups in total. The van der Waals surface area contributed by atoms with Gasteiger partial charge < -0.3 is 14.7 Å². The monoisotopic (exact) mass is 420 g/mol. The van der Waals surface area contributed by atoms with E-state index >= 15 is 0 Å². The Bertz CT molecular complexity index is 920. The molecular weight excluding hydrogens is 388 g/mol. The number of nitrogens with zero attached hydrogens (tertiary/aromatic N) is 4. The molecule has 0 radical (unpaired) electrons. The summed E-state index contributed by atoms with van der Waals surface area (Å²) in [6.07, 6.45) is 4.33. The van der Waals surface area contributed by atoms with E-state index in [-0.39, 0.29) is 24.7 Å². The van der Waals surface area contributed by atoms with Crippen molar-refractivity contribution in [3.8, 4) is 0 Å². The van der Waals surface area contributed by atoms with Gasteiger partial charge >= 0.3 is 0 Å². The number of benzene rings is 1. The highest BCUT2D eigenvalue weighted by molar-refractivity contribution is 5.96. The topological polar surface area (TPSA) is 56.8 Å². The number of aryl methyl sites for hydroxylation is 1. The lowest BCUT2D eigenvalue weighted by atomic mass is 9.94. The molecule has 0 atom stereocenters. The van der Waals surface area contributed by atoms with Crippen LogP contribution in [0.1, 0.15) is 50.2 Å². The zero-order valence-electron chi connectivity index (χ0n) is 18.6. The second kappa shape index (κ2) is 9.50. The standard InChI is InChI=1S/C25H32N4O2/c1-19(2)20-8-9-22-21(18-20)6-5-13-29(22)25(31)11-10-24(30)28-16-14-27(15-17-28)23-7-3-4-12-26-23/h3-4,7-9,12,18-19H,5-6,10-11,13-17H2,1-2H3. The van der Waals surface area contributed by atoms with Crippen molar-refractivity contribution < 1.29 is 9.59 Å². The molecule has 6 nitrogen and oxygen atoms in total. The van der Waals surface area contributed by atoms with Crippen molar-refractivity contribution in [1.82, 2.24) is 9.88 Å². The molecule has 1 fully saturated rings. The zero-order valence-corrected chi connectivity index (χ0v) is 18.6. The van der Waals surface area contributed by atoms with Gasteiger partial charge in [0.1, 0.15) is 5.82 Å². The first-order chi connectivity index (χ1) is 15.0. The lowest BCUT2D eigenvalue weighted by Crippen LogP contribution is -2.49. The molecule has 0 bridgehead atoms. The summed E-state index contributed by atoms with van der Waals surface area (Å²) >= 11 is 0. The Morgan fingerprint density at radius 1 is 0.968 bits per heavy atom. The minimum absolute atomic E-state index is 0.0544.